The average Bonchev–Trinajstić information content (AvgIpc) is 1.88. The van der Waals surface area contributed by atoms with Gasteiger partial charge in [-0.15, -0.1) is 11.3 Å². The van der Waals surface area contributed by atoms with E-state index in [-0.39, 0.29) is 6.61 Å². The summed E-state index contributed by atoms with van der Waals surface area (Å²) in [6.07, 6.45) is 1.25. The van der Waals surface area contributed by atoms with Gasteiger partial charge in [-0.1, -0.05) is 6.42 Å². The molecule has 55 valence electrons. The van der Waals surface area contributed by atoms with Gasteiger partial charge in [-0.3, -0.25) is 0 Å². The van der Waals surface area contributed by atoms with Crippen LogP contribution in [-0.4, -0.2) is 11.7 Å². The van der Waals surface area contributed by atoms with Gasteiger partial charge in [0.2, 0.25) is 0 Å². The van der Waals surface area contributed by atoms with E-state index in [1.165, 1.54) is 0 Å². The van der Waals surface area contributed by atoms with Crippen molar-refractivity contribution < 1.29 is 26.1 Å². The Labute approximate surface area is 73.7 Å². The molecule has 0 spiro atoms. The molecule has 0 bridgehead atoms. The van der Waals surface area contributed by atoms with Crippen LogP contribution in [0.5, 0.6) is 0 Å². The standard InChI is InChI=1S/C4H7Cl2O.O.V/c5-4(6)2-1-3-7;;/h7H,1-3H2;;/q-1;;. The molecule has 0 aromatic carbocycles. The second kappa shape index (κ2) is 11.7. The molecule has 0 saturated carbocycles. The van der Waals surface area contributed by atoms with Gasteiger partial charge < -0.3 is 28.3 Å². The van der Waals surface area contributed by atoms with Crippen LogP contribution in [0, 0.1) is 4.84 Å². The molecule has 0 heterocycles. The van der Waals surface area contributed by atoms with E-state index in [1.807, 2.05) is 0 Å². The van der Waals surface area contributed by atoms with E-state index in [9.17, 15) is 0 Å². The summed E-state index contributed by atoms with van der Waals surface area (Å²) in [5, 5.41) is 8.18. The van der Waals surface area contributed by atoms with Gasteiger partial charge in [-0.25, -0.2) is 0 Å². The van der Waals surface area contributed by atoms with Crippen molar-refractivity contribution in [3.8, 4) is 0 Å². The fraction of sp³-hybridized carbons (Fsp3) is 0.750. The van der Waals surface area contributed by atoms with Gasteiger partial charge >= 0.3 is 21.0 Å². The second-order valence-corrected chi connectivity index (χ2v) is 2.27. The summed E-state index contributed by atoms with van der Waals surface area (Å²) in [5.41, 5.74) is 0. The molecule has 0 aromatic rings. The Balaban J connectivity index is 0. The van der Waals surface area contributed by atoms with Crippen molar-refractivity contribution in [1.82, 2.24) is 0 Å². The number of halogens is 2. The van der Waals surface area contributed by atoms with E-state index in [0.717, 1.165) is 17.4 Å². The van der Waals surface area contributed by atoms with Gasteiger partial charge in [0.05, 0.1) is 0 Å². The first-order valence-electron chi connectivity index (χ1n) is 2.23. The van der Waals surface area contributed by atoms with Gasteiger partial charge in [0.1, 0.15) is 0 Å². The Kier molecular flexibility index (Phi) is 16.3. The summed E-state index contributed by atoms with van der Waals surface area (Å²) in [6, 6.07) is 0. The molecule has 0 aliphatic heterocycles. The van der Waals surface area contributed by atoms with Crippen LogP contribution in [0.4, 0.5) is 0 Å². The van der Waals surface area contributed by atoms with Gasteiger partial charge in [0, 0.05) is 6.61 Å². The Morgan fingerprint density at radius 1 is 1.44 bits per heavy atom. The summed E-state index contributed by atoms with van der Waals surface area (Å²) in [5.74, 6) is 0. The number of hydrogen-bond donors (Lipinski definition) is 1. The van der Waals surface area contributed by atoms with E-state index in [1.54, 1.807) is 0 Å². The summed E-state index contributed by atoms with van der Waals surface area (Å²) >= 11 is 11.5. The van der Waals surface area contributed by atoms with Crippen molar-refractivity contribution in [1.29, 1.82) is 0 Å². The third-order valence-electron chi connectivity index (χ3n) is 0.524. The SMILES string of the molecule is OCCC[C-](Cl)Cl.[O]=[V]. The first kappa shape index (κ1) is 12.6. The molecule has 5 heteroatoms. The molecule has 1 N–H and O–H groups in total. The molecule has 0 aliphatic carbocycles. The van der Waals surface area contributed by atoms with Crippen LogP contribution >= 0.6 is 23.2 Å². The molecule has 0 aliphatic rings. The molecule has 0 amide bonds. The Morgan fingerprint density at radius 2 is 1.89 bits per heavy atom. The quantitative estimate of drug-likeness (QED) is 0.716. The van der Waals surface area contributed by atoms with E-state index in [0.29, 0.717) is 17.7 Å². The molecule has 0 unspecified atom stereocenters. The van der Waals surface area contributed by atoms with Gasteiger partial charge in [-0.2, -0.15) is 0 Å². The van der Waals surface area contributed by atoms with Crippen molar-refractivity contribution in [3.05, 3.63) is 4.84 Å². The molecular weight excluding hydrogens is 202 g/mol. The van der Waals surface area contributed by atoms with Crippen molar-refractivity contribution in [2.24, 2.45) is 0 Å². The van der Waals surface area contributed by atoms with Crippen LogP contribution in [0.3, 0.4) is 0 Å². The van der Waals surface area contributed by atoms with Crippen molar-refractivity contribution in [2.75, 3.05) is 6.61 Å². The fourth-order valence-corrected chi connectivity index (χ4v) is 0.480. The summed E-state index contributed by atoms with van der Waals surface area (Å²) in [4.78, 5) is 0.342. The Hall–Kier alpha value is 0.924. The first-order chi connectivity index (χ1) is 4.27. The predicted molar refractivity (Wildman–Crippen MR) is 32.0 cm³/mol. The predicted octanol–water partition coefficient (Wildman–Crippen LogP) is 1.60. The fourth-order valence-electron chi connectivity index (χ4n) is 0.213. The zero-order valence-electron chi connectivity index (χ0n) is 4.68. The molecule has 0 aromatic heterocycles. The van der Waals surface area contributed by atoms with Gasteiger partial charge in [0.25, 0.3) is 0 Å². The monoisotopic (exact) mass is 208 g/mol. The van der Waals surface area contributed by atoms with E-state index >= 15 is 0 Å². The van der Waals surface area contributed by atoms with Crippen LogP contribution in [0.25, 0.3) is 0 Å². The van der Waals surface area contributed by atoms with E-state index in [2.05, 4.69) is 0 Å². The number of aliphatic hydroxyl groups excluding tert-OH is 1. The average molecular weight is 209 g/mol. The van der Waals surface area contributed by atoms with E-state index in [4.69, 9.17) is 32.0 Å². The molecule has 2 nitrogen and oxygen atoms in total. The maximum atomic E-state index is 8.19. The number of aliphatic hydroxyl groups is 1. The minimum absolute atomic E-state index is 0.156. The molecular formula is C4H7Cl2O2V-. The number of hydrogen-bond acceptors (Lipinski definition) is 2. The van der Waals surface area contributed by atoms with Crippen LogP contribution < -0.4 is 0 Å². The summed E-state index contributed by atoms with van der Waals surface area (Å²) < 4.78 is 8.19. The van der Waals surface area contributed by atoms with Gasteiger partial charge in [0.15, 0.2) is 0 Å². The first-order valence-corrected chi connectivity index (χ1v) is 3.56. The summed E-state index contributed by atoms with van der Waals surface area (Å²) in [7, 11) is 0. The molecule has 0 fully saturated rings. The summed E-state index contributed by atoms with van der Waals surface area (Å²) in [6.45, 7) is 0.156. The van der Waals surface area contributed by atoms with Crippen LogP contribution in [0.2, 0.25) is 0 Å². The van der Waals surface area contributed by atoms with Gasteiger partial charge in [-0.05, 0) is 0 Å². The zero-order valence-corrected chi connectivity index (χ0v) is 7.59. The Morgan fingerprint density at radius 3 is 2.00 bits per heavy atom. The minimum atomic E-state index is 0.156. The molecule has 9 heavy (non-hydrogen) atoms. The molecule has 0 radical (unpaired) electrons. The third-order valence-corrected chi connectivity index (χ3v) is 0.902. The second-order valence-electron chi connectivity index (χ2n) is 1.17. The molecule has 0 saturated heterocycles. The van der Waals surface area contributed by atoms with Crippen LogP contribution in [-0.2, 0) is 21.0 Å². The van der Waals surface area contributed by atoms with Crippen molar-refractivity contribution in [3.63, 3.8) is 0 Å². The zero-order chi connectivity index (χ0) is 7.70. The maximum absolute atomic E-state index is 8.19. The molecule has 0 atom stereocenters. The van der Waals surface area contributed by atoms with Crippen LogP contribution in [0.15, 0.2) is 0 Å². The Bertz CT molecular complexity index is 53.8. The third kappa shape index (κ3) is 17.6. The van der Waals surface area contributed by atoms with Crippen LogP contribution in [0.1, 0.15) is 12.8 Å². The normalized spacial score (nSPS) is 8.33. The van der Waals surface area contributed by atoms with E-state index < -0.39 is 0 Å². The van der Waals surface area contributed by atoms with Crippen molar-refractivity contribution >= 4 is 23.2 Å². The number of rotatable bonds is 3. The van der Waals surface area contributed by atoms with Crippen molar-refractivity contribution in [2.45, 2.75) is 12.8 Å². The molecule has 0 rings (SSSR count). The topological polar surface area (TPSA) is 37.3 Å².